The van der Waals surface area contributed by atoms with Crippen LogP contribution in [0.5, 0.6) is 10.9 Å². The number of amides is 1. The summed E-state index contributed by atoms with van der Waals surface area (Å²) in [5.41, 5.74) is 4.68. The van der Waals surface area contributed by atoms with Crippen molar-refractivity contribution in [2.24, 2.45) is 0 Å². The second-order valence-electron chi connectivity index (χ2n) is 10.2. The minimum atomic E-state index is -0.275. The van der Waals surface area contributed by atoms with Gasteiger partial charge in [-0.1, -0.05) is 91.0 Å². The van der Waals surface area contributed by atoms with E-state index in [1.807, 2.05) is 97.1 Å². The Kier molecular flexibility index (Phi) is 8.95. The Morgan fingerprint density at radius 1 is 0.881 bits per heavy atom. The predicted octanol–water partition coefficient (Wildman–Crippen LogP) is 6.27. The summed E-state index contributed by atoms with van der Waals surface area (Å²) in [6.07, 6.45) is 0.643. The van der Waals surface area contributed by atoms with Crippen molar-refractivity contribution in [1.29, 1.82) is 0 Å². The summed E-state index contributed by atoms with van der Waals surface area (Å²) in [7, 11) is 0. The van der Waals surface area contributed by atoms with Crippen LogP contribution >= 0.6 is 11.5 Å². The molecule has 42 heavy (non-hydrogen) atoms. The zero-order chi connectivity index (χ0) is 28.6. The van der Waals surface area contributed by atoms with E-state index in [0.717, 1.165) is 41.2 Å². The van der Waals surface area contributed by atoms with E-state index in [1.165, 1.54) is 11.5 Å². The van der Waals surface area contributed by atoms with Gasteiger partial charge in [-0.15, -0.1) is 0 Å². The van der Waals surface area contributed by atoms with Gasteiger partial charge in [0.2, 0.25) is 0 Å². The summed E-state index contributed by atoms with van der Waals surface area (Å²) < 4.78 is 16.3. The summed E-state index contributed by atoms with van der Waals surface area (Å²) in [4.78, 5) is 20.6. The third kappa shape index (κ3) is 7.09. The molecule has 1 aliphatic heterocycles. The van der Waals surface area contributed by atoms with Gasteiger partial charge in [-0.3, -0.25) is 9.69 Å². The van der Waals surface area contributed by atoms with Gasteiger partial charge in [0.05, 0.1) is 19.3 Å². The number of benzene rings is 4. The molecule has 212 valence electrons. The van der Waals surface area contributed by atoms with Crippen molar-refractivity contribution in [1.82, 2.24) is 19.6 Å². The number of carbonyl (C=O) groups is 1. The van der Waals surface area contributed by atoms with Crippen LogP contribution in [0.4, 0.5) is 0 Å². The first-order valence-corrected chi connectivity index (χ1v) is 14.9. The first-order valence-electron chi connectivity index (χ1n) is 14.1. The van der Waals surface area contributed by atoms with Crippen molar-refractivity contribution in [2.45, 2.75) is 19.0 Å². The molecule has 0 saturated carbocycles. The number of hydrogen-bond acceptors (Lipinski definition) is 7. The summed E-state index contributed by atoms with van der Waals surface area (Å²) in [5.74, 6) is 1.24. The molecule has 1 aromatic heterocycles. The molecular weight excluding hydrogens is 544 g/mol. The molecule has 7 nitrogen and oxygen atoms in total. The smallest absolute Gasteiger partial charge is 0.298 e. The number of ether oxygens (including phenoxy) is 2. The van der Waals surface area contributed by atoms with Crippen LogP contribution in [0.3, 0.4) is 0 Å². The van der Waals surface area contributed by atoms with Crippen LogP contribution < -0.4 is 10.1 Å². The molecule has 1 fully saturated rings. The van der Waals surface area contributed by atoms with Crippen molar-refractivity contribution < 1.29 is 14.3 Å². The Balaban J connectivity index is 1.24. The van der Waals surface area contributed by atoms with Gasteiger partial charge < -0.3 is 14.8 Å². The van der Waals surface area contributed by atoms with Gasteiger partial charge in [-0.25, -0.2) is 0 Å². The number of nitrogens with zero attached hydrogens (tertiary/aromatic N) is 3. The lowest BCUT2D eigenvalue weighted by molar-refractivity contribution is 0.0339. The number of aromatic nitrogens is 2. The first kappa shape index (κ1) is 27.8. The fourth-order valence-corrected chi connectivity index (χ4v) is 5.59. The molecule has 1 amide bonds. The average molecular weight is 577 g/mol. The predicted molar refractivity (Wildman–Crippen MR) is 164 cm³/mol. The number of hydrogen-bond donors (Lipinski definition) is 1. The third-order valence-electron chi connectivity index (χ3n) is 7.21. The van der Waals surface area contributed by atoms with Crippen LogP contribution in [0.15, 0.2) is 109 Å². The Labute approximate surface area is 249 Å². The summed E-state index contributed by atoms with van der Waals surface area (Å²) >= 11 is 1.24. The van der Waals surface area contributed by atoms with Crippen LogP contribution in [0, 0.1) is 0 Å². The van der Waals surface area contributed by atoms with Crippen LogP contribution in [0.2, 0.25) is 0 Å². The Morgan fingerprint density at radius 3 is 2.19 bits per heavy atom. The molecule has 0 bridgehead atoms. The van der Waals surface area contributed by atoms with Crippen molar-refractivity contribution in [3.63, 3.8) is 0 Å². The highest BCUT2D eigenvalue weighted by atomic mass is 32.1. The van der Waals surface area contributed by atoms with E-state index in [-0.39, 0.29) is 11.9 Å². The summed E-state index contributed by atoms with van der Waals surface area (Å²) in [6.45, 7) is 3.65. The van der Waals surface area contributed by atoms with Gasteiger partial charge in [0.1, 0.15) is 5.75 Å². The minimum Gasteiger partial charge on any atom is -0.430 e. The number of rotatable bonds is 10. The van der Waals surface area contributed by atoms with Gasteiger partial charge in [0, 0.05) is 48.7 Å². The SMILES string of the molecule is O=C(NC(c1ccccc1)c1ccccc1)c1ccc(Oc2nc(Cc3ccccc3)ns2)c(CN2CCOCC2)c1. The van der Waals surface area contributed by atoms with Crippen molar-refractivity contribution in [2.75, 3.05) is 26.3 Å². The van der Waals surface area contributed by atoms with Crippen molar-refractivity contribution in [3.8, 4) is 10.9 Å². The topological polar surface area (TPSA) is 76.6 Å². The maximum atomic E-state index is 13.7. The Morgan fingerprint density at radius 2 is 1.52 bits per heavy atom. The number of nitrogens with one attached hydrogen (secondary N) is 1. The lowest BCUT2D eigenvalue weighted by Gasteiger charge is -2.27. The number of morpholine rings is 1. The molecule has 1 saturated heterocycles. The number of carbonyl (C=O) groups excluding carboxylic acids is 1. The van der Waals surface area contributed by atoms with Crippen molar-refractivity contribution in [3.05, 3.63) is 143 Å². The maximum absolute atomic E-state index is 13.7. The van der Waals surface area contributed by atoms with E-state index in [9.17, 15) is 4.79 Å². The quantitative estimate of drug-likeness (QED) is 0.211. The van der Waals surface area contributed by atoms with Gasteiger partial charge in [-0.05, 0) is 34.9 Å². The molecule has 8 heteroatoms. The highest BCUT2D eigenvalue weighted by Crippen LogP contribution is 2.30. The first-order chi connectivity index (χ1) is 20.7. The minimum absolute atomic E-state index is 0.149. The normalized spacial score (nSPS) is 13.6. The molecule has 4 aromatic carbocycles. The molecule has 6 rings (SSSR count). The molecule has 5 aromatic rings. The highest BCUT2D eigenvalue weighted by Gasteiger charge is 2.21. The van der Waals surface area contributed by atoms with E-state index in [2.05, 4.69) is 31.7 Å². The standard InChI is InChI=1S/C34H32N4O3S/c39-33(36-32(26-12-6-2-7-13-26)27-14-8-3-9-15-27)28-16-17-30(29(23-28)24-38-18-20-40-21-19-38)41-34-35-31(37-42-34)22-25-10-4-1-5-11-25/h1-17,23,32H,18-22,24H2,(H,36,39). The summed E-state index contributed by atoms with van der Waals surface area (Å²) in [5, 5.41) is 3.74. The molecule has 2 heterocycles. The average Bonchev–Trinajstić information content (AvgIpc) is 3.49. The summed E-state index contributed by atoms with van der Waals surface area (Å²) in [6, 6.07) is 35.5. The molecule has 0 spiro atoms. The van der Waals surface area contributed by atoms with Crippen LogP contribution in [-0.4, -0.2) is 46.5 Å². The molecule has 0 unspecified atom stereocenters. The second kappa shape index (κ2) is 13.5. The van der Waals surface area contributed by atoms with E-state index in [0.29, 0.717) is 42.7 Å². The molecule has 0 atom stereocenters. The maximum Gasteiger partial charge on any atom is 0.298 e. The van der Waals surface area contributed by atoms with Gasteiger partial charge >= 0.3 is 0 Å². The molecule has 0 aliphatic carbocycles. The van der Waals surface area contributed by atoms with Crippen LogP contribution in [0.1, 0.15) is 44.5 Å². The van der Waals surface area contributed by atoms with Crippen molar-refractivity contribution >= 4 is 17.4 Å². The lowest BCUT2D eigenvalue weighted by Crippen LogP contribution is -2.35. The Bertz CT molecular complexity index is 1550. The van der Waals surface area contributed by atoms with E-state index in [4.69, 9.17) is 9.47 Å². The van der Waals surface area contributed by atoms with Gasteiger partial charge in [0.25, 0.3) is 11.1 Å². The monoisotopic (exact) mass is 576 g/mol. The zero-order valence-electron chi connectivity index (χ0n) is 23.2. The highest BCUT2D eigenvalue weighted by molar-refractivity contribution is 7.07. The zero-order valence-corrected chi connectivity index (χ0v) is 24.0. The second-order valence-corrected chi connectivity index (χ2v) is 10.9. The van der Waals surface area contributed by atoms with E-state index in [1.54, 1.807) is 0 Å². The lowest BCUT2D eigenvalue weighted by atomic mass is 9.98. The molecule has 1 N–H and O–H groups in total. The van der Waals surface area contributed by atoms with Gasteiger partial charge in [-0.2, -0.15) is 9.36 Å². The molecule has 1 aliphatic rings. The molecule has 0 radical (unpaired) electrons. The van der Waals surface area contributed by atoms with E-state index >= 15 is 0 Å². The molecular formula is C34H32N4O3S. The van der Waals surface area contributed by atoms with Gasteiger partial charge in [0.15, 0.2) is 5.82 Å². The van der Waals surface area contributed by atoms with Crippen LogP contribution in [0.25, 0.3) is 0 Å². The fourth-order valence-electron chi connectivity index (χ4n) is 5.03. The third-order valence-corrected chi connectivity index (χ3v) is 7.85. The largest absolute Gasteiger partial charge is 0.430 e. The van der Waals surface area contributed by atoms with E-state index < -0.39 is 0 Å². The fraction of sp³-hybridized carbons (Fsp3) is 0.206. The van der Waals surface area contributed by atoms with Crippen LogP contribution in [-0.2, 0) is 17.7 Å². The Hall–Kier alpha value is -4.37.